The van der Waals surface area contributed by atoms with Gasteiger partial charge in [0, 0.05) is 4.90 Å². The molecule has 0 spiro atoms. The van der Waals surface area contributed by atoms with Crippen molar-refractivity contribution in [3.63, 3.8) is 0 Å². The molecule has 0 unspecified atom stereocenters. The van der Waals surface area contributed by atoms with E-state index in [9.17, 15) is 4.79 Å². The summed E-state index contributed by atoms with van der Waals surface area (Å²) in [6.45, 7) is 2.15. The zero-order valence-electron chi connectivity index (χ0n) is 9.20. The van der Waals surface area contributed by atoms with Gasteiger partial charge in [-0.05, 0) is 24.3 Å². The standard InChI is InChI=1S/C12H15ClO2S/c1-2-3-4-8-16-10-7-5-6-9(13)11(10)12(14)15/h5-7H,2-4,8H2,1H3,(H,14,15). The molecule has 0 aliphatic heterocycles. The molecule has 0 radical (unpaired) electrons. The SMILES string of the molecule is CCCCCSc1cccc(Cl)c1C(=O)O. The number of carboxylic acids is 1. The Hall–Kier alpha value is -0.670. The fraction of sp³-hybridized carbons (Fsp3) is 0.417. The number of carbonyl (C=O) groups is 1. The van der Waals surface area contributed by atoms with Crippen LogP contribution in [0.1, 0.15) is 36.5 Å². The molecule has 0 saturated carbocycles. The molecule has 0 aliphatic carbocycles. The average Bonchev–Trinajstić information content (AvgIpc) is 2.24. The van der Waals surface area contributed by atoms with Gasteiger partial charge < -0.3 is 5.11 Å². The number of carboxylic acid groups (broad SMARTS) is 1. The summed E-state index contributed by atoms with van der Waals surface area (Å²) in [6.07, 6.45) is 3.45. The molecule has 16 heavy (non-hydrogen) atoms. The lowest BCUT2D eigenvalue weighted by Crippen LogP contribution is -2.00. The summed E-state index contributed by atoms with van der Waals surface area (Å²) in [7, 11) is 0. The van der Waals surface area contributed by atoms with Crippen molar-refractivity contribution in [3.05, 3.63) is 28.8 Å². The van der Waals surface area contributed by atoms with E-state index in [1.165, 1.54) is 12.8 Å². The van der Waals surface area contributed by atoms with E-state index in [0.717, 1.165) is 17.1 Å². The van der Waals surface area contributed by atoms with Crippen molar-refractivity contribution in [1.82, 2.24) is 0 Å². The van der Waals surface area contributed by atoms with Gasteiger partial charge in [0.05, 0.1) is 10.6 Å². The molecule has 0 aliphatic rings. The number of aromatic carboxylic acids is 1. The Morgan fingerprint density at radius 1 is 1.44 bits per heavy atom. The minimum atomic E-state index is -0.955. The third kappa shape index (κ3) is 3.72. The van der Waals surface area contributed by atoms with Gasteiger partial charge in [-0.3, -0.25) is 0 Å². The minimum absolute atomic E-state index is 0.227. The van der Waals surface area contributed by atoms with Crippen molar-refractivity contribution in [1.29, 1.82) is 0 Å². The molecule has 0 amide bonds. The molecule has 0 atom stereocenters. The number of hydrogen-bond acceptors (Lipinski definition) is 2. The first kappa shape index (κ1) is 13.4. The predicted molar refractivity (Wildman–Crippen MR) is 68.7 cm³/mol. The lowest BCUT2D eigenvalue weighted by atomic mass is 10.2. The highest BCUT2D eigenvalue weighted by molar-refractivity contribution is 7.99. The monoisotopic (exact) mass is 258 g/mol. The van der Waals surface area contributed by atoms with Crippen LogP contribution in [0.25, 0.3) is 0 Å². The zero-order chi connectivity index (χ0) is 12.0. The molecular formula is C12H15ClO2S. The van der Waals surface area contributed by atoms with Gasteiger partial charge in [0.25, 0.3) is 0 Å². The van der Waals surface area contributed by atoms with E-state index in [1.54, 1.807) is 23.9 Å². The van der Waals surface area contributed by atoms with Gasteiger partial charge in [-0.2, -0.15) is 0 Å². The topological polar surface area (TPSA) is 37.3 Å². The second-order valence-corrected chi connectivity index (χ2v) is 5.02. The first-order valence-corrected chi connectivity index (χ1v) is 6.67. The fourth-order valence-corrected chi connectivity index (χ4v) is 2.76. The van der Waals surface area contributed by atoms with E-state index in [1.807, 2.05) is 6.07 Å². The summed E-state index contributed by atoms with van der Waals surface area (Å²) in [5.41, 5.74) is 0.227. The van der Waals surface area contributed by atoms with E-state index in [4.69, 9.17) is 16.7 Å². The zero-order valence-corrected chi connectivity index (χ0v) is 10.8. The summed E-state index contributed by atoms with van der Waals surface area (Å²) >= 11 is 7.43. The van der Waals surface area contributed by atoms with Gasteiger partial charge in [-0.25, -0.2) is 4.79 Å². The summed E-state index contributed by atoms with van der Waals surface area (Å²) in [4.78, 5) is 11.8. The molecule has 1 N–H and O–H groups in total. The summed E-state index contributed by atoms with van der Waals surface area (Å²) < 4.78 is 0. The lowest BCUT2D eigenvalue weighted by Gasteiger charge is -2.06. The molecule has 1 aromatic rings. The van der Waals surface area contributed by atoms with Crippen molar-refractivity contribution < 1.29 is 9.90 Å². The van der Waals surface area contributed by atoms with Crippen LogP contribution in [0.4, 0.5) is 0 Å². The van der Waals surface area contributed by atoms with Gasteiger partial charge in [0.2, 0.25) is 0 Å². The van der Waals surface area contributed by atoms with Crippen molar-refractivity contribution >= 4 is 29.3 Å². The van der Waals surface area contributed by atoms with Crippen molar-refractivity contribution in [2.45, 2.75) is 31.1 Å². The molecule has 0 aromatic heterocycles. The molecule has 1 aromatic carbocycles. The third-order valence-electron chi connectivity index (χ3n) is 2.19. The molecule has 0 saturated heterocycles. The average molecular weight is 259 g/mol. The Morgan fingerprint density at radius 2 is 2.19 bits per heavy atom. The molecule has 4 heteroatoms. The largest absolute Gasteiger partial charge is 0.478 e. The van der Waals surface area contributed by atoms with E-state index in [-0.39, 0.29) is 5.56 Å². The van der Waals surface area contributed by atoms with E-state index < -0.39 is 5.97 Å². The first-order valence-electron chi connectivity index (χ1n) is 5.31. The number of unbranched alkanes of at least 4 members (excludes halogenated alkanes) is 2. The Balaban J connectivity index is 2.71. The molecular weight excluding hydrogens is 244 g/mol. The quantitative estimate of drug-likeness (QED) is 0.610. The summed E-state index contributed by atoms with van der Waals surface area (Å²) in [5, 5.41) is 9.36. The molecule has 0 bridgehead atoms. The third-order valence-corrected chi connectivity index (χ3v) is 3.65. The number of thioether (sulfide) groups is 1. The maximum absolute atomic E-state index is 11.0. The normalized spacial score (nSPS) is 10.4. The maximum Gasteiger partial charge on any atom is 0.338 e. The van der Waals surface area contributed by atoms with Crippen LogP contribution in [0.3, 0.4) is 0 Å². The van der Waals surface area contributed by atoms with Gasteiger partial charge >= 0.3 is 5.97 Å². The molecule has 1 rings (SSSR count). The van der Waals surface area contributed by atoms with Crippen LogP contribution in [-0.2, 0) is 0 Å². The van der Waals surface area contributed by atoms with Crippen molar-refractivity contribution in [2.75, 3.05) is 5.75 Å². The van der Waals surface area contributed by atoms with E-state index in [0.29, 0.717) is 5.02 Å². The Bertz CT molecular complexity index is 366. The fourth-order valence-electron chi connectivity index (χ4n) is 1.37. The second kappa shape index (κ2) is 6.81. The molecule has 0 fully saturated rings. The smallest absolute Gasteiger partial charge is 0.338 e. The lowest BCUT2D eigenvalue weighted by molar-refractivity contribution is 0.0693. The van der Waals surface area contributed by atoms with Crippen molar-refractivity contribution in [2.24, 2.45) is 0 Å². The van der Waals surface area contributed by atoms with E-state index >= 15 is 0 Å². The Labute approximate surface area is 105 Å². The molecule has 88 valence electrons. The van der Waals surface area contributed by atoms with Crippen LogP contribution in [-0.4, -0.2) is 16.8 Å². The van der Waals surface area contributed by atoms with Gasteiger partial charge in [0.1, 0.15) is 0 Å². The van der Waals surface area contributed by atoms with Crippen molar-refractivity contribution in [3.8, 4) is 0 Å². The second-order valence-electron chi connectivity index (χ2n) is 3.47. The van der Waals surface area contributed by atoms with Crippen LogP contribution in [0.15, 0.2) is 23.1 Å². The van der Waals surface area contributed by atoms with E-state index in [2.05, 4.69) is 6.92 Å². The van der Waals surface area contributed by atoms with Crippen LogP contribution < -0.4 is 0 Å². The highest BCUT2D eigenvalue weighted by Crippen LogP contribution is 2.29. The summed E-state index contributed by atoms with van der Waals surface area (Å²) in [6, 6.07) is 5.21. The van der Waals surface area contributed by atoms with Gasteiger partial charge in [-0.15, -0.1) is 11.8 Å². The van der Waals surface area contributed by atoms with Gasteiger partial charge in [-0.1, -0.05) is 37.4 Å². The summed E-state index contributed by atoms with van der Waals surface area (Å²) in [5.74, 6) is -0.0161. The van der Waals surface area contributed by atoms with Crippen LogP contribution in [0, 0.1) is 0 Å². The minimum Gasteiger partial charge on any atom is -0.478 e. The highest BCUT2D eigenvalue weighted by atomic mass is 35.5. The number of benzene rings is 1. The number of rotatable bonds is 6. The van der Waals surface area contributed by atoms with Crippen LogP contribution >= 0.6 is 23.4 Å². The Morgan fingerprint density at radius 3 is 2.81 bits per heavy atom. The molecule has 2 nitrogen and oxygen atoms in total. The highest BCUT2D eigenvalue weighted by Gasteiger charge is 2.13. The Kier molecular flexibility index (Phi) is 5.71. The first-order chi connectivity index (χ1) is 7.66. The van der Waals surface area contributed by atoms with Crippen LogP contribution in [0.5, 0.6) is 0 Å². The predicted octanol–water partition coefficient (Wildman–Crippen LogP) is 4.32. The van der Waals surface area contributed by atoms with Gasteiger partial charge in [0.15, 0.2) is 0 Å². The van der Waals surface area contributed by atoms with Crippen LogP contribution in [0.2, 0.25) is 5.02 Å². The number of hydrogen-bond donors (Lipinski definition) is 1. The maximum atomic E-state index is 11.0. The number of halogens is 1. The molecule has 0 heterocycles.